The van der Waals surface area contributed by atoms with E-state index in [0.717, 1.165) is 59.5 Å². The van der Waals surface area contributed by atoms with Gasteiger partial charge in [-0.1, -0.05) is 31.2 Å². The number of nitrogens with zero attached hydrogens (tertiary/aromatic N) is 3. The Morgan fingerprint density at radius 2 is 2.00 bits per heavy atom. The highest BCUT2D eigenvalue weighted by molar-refractivity contribution is 7.18. The van der Waals surface area contributed by atoms with Crippen molar-refractivity contribution in [3.63, 3.8) is 0 Å². The van der Waals surface area contributed by atoms with E-state index < -0.39 is 0 Å². The molecule has 2 atom stereocenters. The average molecular weight is 465 g/mol. The van der Waals surface area contributed by atoms with Crippen LogP contribution in [0, 0.1) is 12.8 Å². The molecule has 5 rings (SSSR count). The maximum Gasteiger partial charge on any atom is 0.259 e. The maximum atomic E-state index is 13.0. The summed E-state index contributed by atoms with van der Waals surface area (Å²) in [6, 6.07) is 8.09. The molecule has 2 aliphatic rings. The van der Waals surface area contributed by atoms with Crippen molar-refractivity contribution in [3.8, 4) is 0 Å². The molecular formula is C26H32N4O2S. The highest BCUT2D eigenvalue weighted by Gasteiger charge is 2.28. The zero-order valence-electron chi connectivity index (χ0n) is 19.7. The fraction of sp³-hybridized carbons (Fsp3) is 0.500. The molecule has 3 heterocycles. The van der Waals surface area contributed by atoms with Crippen LogP contribution in [0.2, 0.25) is 0 Å². The molecule has 1 aliphatic carbocycles. The van der Waals surface area contributed by atoms with Crippen LogP contribution in [-0.2, 0) is 24.1 Å². The van der Waals surface area contributed by atoms with E-state index in [2.05, 4.69) is 36.7 Å². The number of amides is 1. The molecule has 0 saturated carbocycles. The number of piperazine rings is 1. The van der Waals surface area contributed by atoms with Gasteiger partial charge in [0.1, 0.15) is 10.7 Å². The van der Waals surface area contributed by atoms with Crippen molar-refractivity contribution in [2.75, 3.05) is 26.2 Å². The average Bonchev–Trinajstić information content (AvgIpc) is 3.18. The second kappa shape index (κ2) is 9.03. The molecule has 1 N–H and O–H groups in total. The third-order valence-corrected chi connectivity index (χ3v) is 8.55. The van der Waals surface area contributed by atoms with Gasteiger partial charge >= 0.3 is 0 Å². The van der Waals surface area contributed by atoms with Gasteiger partial charge < -0.3 is 9.88 Å². The number of aromatic nitrogens is 2. The lowest BCUT2D eigenvalue weighted by Gasteiger charge is -2.37. The van der Waals surface area contributed by atoms with Crippen molar-refractivity contribution in [2.45, 2.75) is 52.5 Å². The van der Waals surface area contributed by atoms with E-state index in [1.165, 1.54) is 10.4 Å². The lowest BCUT2D eigenvalue weighted by molar-refractivity contribution is -0.132. The number of hydrogen-bond acceptors (Lipinski definition) is 5. The van der Waals surface area contributed by atoms with Gasteiger partial charge in [0.2, 0.25) is 5.91 Å². The molecule has 1 saturated heterocycles. The topological polar surface area (TPSA) is 69.3 Å². The minimum Gasteiger partial charge on any atom is -0.340 e. The number of rotatable bonds is 4. The van der Waals surface area contributed by atoms with Crippen molar-refractivity contribution in [2.24, 2.45) is 5.92 Å². The Morgan fingerprint density at radius 3 is 2.76 bits per heavy atom. The van der Waals surface area contributed by atoms with Crippen molar-refractivity contribution < 1.29 is 4.79 Å². The van der Waals surface area contributed by atoms with Gasteiger partial charge in [0.15, 0.2) is 0 Å². The minimum absolute atomic E-state index is 0.000878. The minimum atomic E-state index is 0.000878. The number of H-pyrrole nitrogens is 1. The summed E-state index contributed by atoms with van der Waals surface area (Å²) in [5.41, 5.74) is 3.48. The Labute approximate surface area is 198 Å². The monoisotopic (exact) mass is 464 g/mol. The largest absolute Gasteiger partial charge is 0.340 e. The number of nitrogens with one attached hydrogen (secondary N) is 1. The number of aromatic amines is 1. The highest BCUT2D eigenvalue weighted by atomic mass is 32.1. The number of fused-ring (bicyclic) bond motifs is 3. The lowest BCUT2D eigenvalue weighted by atomic mass is 9.89. The molecule has 2 aromatic heterocycles. The Bertz CT molecular complexity index is 1240. The van der Waals surface area contributed by atoms with E-state index in [1.54, 1.807) is 11.3 Å². The molecular weight excluding hydrogens is 432 g/mol. The first kappa shape index (κ1) is 22.3. The van der Waals surface area contributed by atoms with Gasteiger partial charge in [-0.2, -0.15) is 0 Å². The van der Waals surface area contributed by atoms with Crippen LogP contribution in [0.1, 0.15) is 53.7 Å². The molecule has 2 unspecified atom stereocenters. The van der Waals surface area contributed by atoms with Gasteiger partial charge in [-0.25, -0.2) is 4.98 Å². The van der Waals surface area contributed by atoms with Crippen molar-refractivity contribution in [3.05, 3.63) is 62.0 Å². The summed E-state index contributed by atoms with van der Waals surface area (Å²) in [6.45, 7) is 9.40. The van der Waals surface area contributed by atoms with Crippen LogP contribution in [0.3, 0.4) is 0 Å². The van der Waals surface area contributed by atoms with Gasteiger partial charge in [0.05, 0.1) is 17.8 Å². The fourth-order valence-corrected chi connectivity index (χ4v) is 6.57. The Hall–Kier alpha value is -2.51. The molecule has 1 aliphatic heterocycles. The van der Waals surface area contributed by atoms with E-state index in [1.807, 2.05) is 23.1 Å². The first-order chi connectivity index (χ1) is 15.9. The molecule has 3 aromatic rings. The standard InChI is InChI=1S/C26H32N4O2S/c1-16-8-9-20-21(14-16)33-26-23(20)25(32)27-24(28-26)18(3)29-10-12-30(13-11-29)22(31)15-19-7-5-4-6-17(19)2/h4-7,16,18H,8-15H2,1-3H3,(H,27,28,32). The maximum absolute atomic E-state index is 13.0. The number of carbonyl (C=O) groups is 1. The van der Waals surface area contributed by atoms with Crippen molar-refractivity contribution in [1.82, 2.24) is 19.8 Å². The SMILES string of the molecule is Cc1ccccc1CC(=O)N1CCN(C(C)c2nc3sc4c(c3c(=O)[nH]2)CCC(C)C4)CC1. The second-order valence-electron chi connectivity index (χ2n) is 9.68. The Balaban J connectivity index is 1.27. The third kappa shape index (κ3) is 4.36. The zero-order chi connectivity index (χ0) is 23.1. The van der Waals surface area contributed by atoms with Crippen LogP contribution < -0.4 is 5.56 Å². The smallest absolute Gasteiger partial charge is 0.259 e. The number of aryl methyl sites for hydroxylation is 2. The third-order valence-electron chi connectivity index (χ3n) is 7.40. The molecule has 174 valence electrons. The van der Waals surface area contributed by atoms with Crippen LogP contribution in [0.15, 0.2) is 29.1 Å². The molecule has 6 nitrogen and oxygen atoms in total. The normalized spacial score (nSPS) is 20.1. The molecule has 7 heteroatoms. The molecule has 0 bridgehead atoms. The summed E-state index contributed by atoms with van der Waals surface area (Å²) in [4.78, 5) is 40.3. The van der Waals surface area contributed by atoms with Gasteiger partial charge in [-0.3, -0.25) is 14.5 Å². The Kier molecular flexibility index (Phi) is 6.10. The molecule has 33 heavy (non-hydrogen) atoms. The van der Waals surface area contributed by atoms with Crippen LogP contribution in [0.5, 0.6) is 0 Å². The van der Waals surface area contributed by atoms with Gasteiger partial charge in [-0.05, 0) is 55.7 Å². The highest BCUT2D eigenvalue weighted by Crippen LogP contribution is 2.36. The van der Waals surface area contributed by atoms with Crippen LogP contribution >= 0.6 is 11.3 Å². The second-order valence-corrected chi connectivity index (χ2v) is 10.8. The van der Waals surface area contributed by atoms with Crippen molar-refractivity contribution in [1.29, 1.82) is 0 Å². The summed E-state index contributed by atoms with van der Waals surface area (Å²) >= 11 is 1.70. The van der Waals surface area contributed by atoms with E-state index in [0.29, 0.717) is 25.4 Å². The van der Waals surface area contributed by atoms with Crippen LogP contribution in [-0.4, -0.2) is 51.9 Å². The summed E-state index contributed by atoms with van der Waals surface area (Å²) in [5.74, 6) is 1.59. The quantitative estimate of drug-likeness (QED) is 0.637. The van der Waals surface area contributed by atoms with Crippen LogP contribution in [0.4, 0.5) is 0 Å². The number of carbonyl (C=O) groups excluding carboxylic acids is 1. The number of benzene rings is 1. The zero-order valence-corrected chi connectivity index (χ0v) is 20.5. The molecule has 1 aromatic carbocycles. The van der Waals surface area contributed by atoms with E-state index >= 15 is 0 Å². The summed E-state index contributed by atoms with van der Waals surface area (Å²) in [7, 11) is 0. The van der Waals surface area contributed by atoms with E-state index in [-0.39, 0.29) is 17.5 Å². The van der Waals surface area contributed by atoms with E-state index in [9.17, 15) is 9.59 Å². The molecule has 0 radical (unpaired) electrons. The molecule has 1 fully saturated rings. The lowest BCUT2D eigenvalue weighted by Crippen LogP contribution is -2.50. The first-order valence-electron chi connectivity index (χ1n) is 12.0. The van der Waals surface area contributed by atoms with Crippen LogP contribution in [0.25, 0.3) is 10.2 Å². The number of hydrogen-bond donors (Lipinski definition) is 1. The first-order valence-corrected chi connectivity index (χ1v) is 12.8. The van der Waals surface area contributed by atoms with Gasteiger partial charge in [0.25, 0.3) is 5.56 Å². The summed E-state index contributed by atoms with van der Waals surface area (Å²) < 4.78 is 0. The van der Waals surface area contributed by atoms with Gasteiger partial charge in [0, 0.05) is 31.1 Å². The van der Waals surface area contributed by atoms with Crippen molar-refractivity contribution >= 4 is 27.5 Å². The molecule has 0 spiro atoms. The number of thiophene rings is 1. The van der Waals surface area contributed by atoms with Gasteiger partial charge in [-0.15, -0.1) is 11.3 Å². The predicted octanol–water partition coefficient (Wildman–Crippen LogP) is 3.87. The Morgan fingerprint density at radius 1 is 1.24 bits per heavy atom. The predicted molar refractivity (Wildman–Crippen MR) is 133 cm³/mol. The summed E-state index contributed by atoms with van der Waals surface area (Å²) in [5, 5.41) is 0.810. The summed E-state index contributed by atoms with van der Waals surface area (Å²) in [6.07, 6.45) is 3.63. The fourth-order valence-electron chi connectivity index (χ4n) is 5.18. The molecule has 1 amide bonds. The van der Waals surface area contributed by atoms with E-state index in [4.69, 9.17) is 4.98 Å².